The fourth-order valence-electron chi connectivity index (χ4n) is 0.857. The molecule has 82 valence electrons. The van der Waals surface area contributed by atoms with E-state index >= 15 is 0 Å². The van der Waals surface area contributed by atoms with E-state index < -0.39 is 36.4 Å². The average molecular weight is 254 g/mol. The second-order valence-corrected chi connectivity index (χ2v) is 4.32. The van der Waals surface area contributed by atoms with Gasteiger partial charge in [0.1, 0.15) is 5.02 Å². The van der Waals surface area contributed by atoms with Crippen molar-refractivity contribution in [2.75, 3.05) is 0 Å². The van der Waals surface area contributed by atoms with Gasteiger partial charge in [0.25, 0.3) is 0 Å². The number of primary sulfonamides is 1. The number of halogens is 1. The Morgan fingerprint density at radius 1 is 1.60 bits per heavy atom. The molecule has 15 heavy (non-hydrogen) atoms. The zero-order valence-electron chi connectivity index (χ0n) is 6.92. The molecule has 0 amide bonds. The molecule has 0 radical (unpaired) electrons. The van der Waals surface area contributed by atoms with Crippen molar-refractivity contribution in [1.82, 2.24) is 4.98 Å². The van der Waals surface area contributed by atoms with Crippen LogP contribution in [-0.4, -0.2) is 23.4 Å². The number of aromatic hydroxyl groups is 1. The molecule has 0 aliphatic heterocycles. The van der Waals surface area contributed by atoms with Crippen LogP contribution in [0.25, 0.3) is 0 Å². The highest BCUT2D eigenvalue weighted by Crippen LogP contribution is 2.34. The van der Waals surface area contributed by atoms with Crippen molar-refractivity contribution in [3.8, 4) is 5.75 Å². The predicted octanol–water partition coefficient (Wildman–Crippen LogP) is -0.00380. The fraction of sp³-hybridized carbons (Fsp3) is 0. The molecule has 1 aromatic rings. The van der Waals surface area contributed by atoms with Crippen LogP contribution in [0.3, 0.4) is 0 Å². The maximum atomic E-state index is 10.9. The largest absolute Gasteiger partial charge is 0.500 e. The van der Waals surface area contributed by atoms with Crippen molar-refractivity contribution in [1.29, 1.82) is 0 Å². The van der Waals surface area contributed by atoms with Crippen LogP contribution in [0.2, 0.25) is 5.02 Å². The maximum absolute atomic E-state index is 10.9. The lowest BCUT2D eigenvalue weighted by atomic mass is 10.4. The molecule has 0 saturated carbocycles. The molecule has 1 rings (SSSR count). The van der Waals surface area contributed by atoms with E-state index in [0.717, 1.165) is 6.20 Å². The minimum absolute atomic E-state index is 0.486. The lowest BCUT2D eigenvalue weighted by Crippen LogP contribution is -2.14. The third-order valence-electron chi connectivity index (χ3n) is 1.40. The van der Waals surface area contributed by atoms with Gasteiger partial charge in [-0.15, -0.1) is 0 Å². The summed E-state index contributed by atoms with van der Waals surface area (Å²) >= 11 is 5.39. The summed E-state index contributed by atoms with van der Waals surface area (Å²) in [5.74, 6) is -2.20. The molecule has 8 nitrogen and oxygen atoms in total. The quantitative estimate of drug-likeness (QED) is 0.562. The molecule has 0 aliphatic rings. The molecule has 0 aliphatic carbocycles. The number of pyridine rings is 1. The smallest absolute Gasteiger partial charge is 0.407 e. The topological polar surface area (TPSA) is 136 Å². The number of nitrogens with two attached hydrogens (primary N) is 1. The molecule has 0 fully saturated rings. The van der Waals surface area contributed by atoms with E-state index in [9.17, 15) is 23.6 Å². The van der Waals surface area contributed by atoms with Crippen molar-refractivity contribution in [2.24, 2.45) is 5.14 Å². The van der Waals surface area contributed by atoms with Gasteiger partial charge in [-0.05, 0) is 9.91 Å². The second-order valence-electron chi connectivity index (χ2n) is 2.41. The van der Waals surface area contributed by atoms with E-state index in [4.69, 9.17) is 16.7 Å². The molecule has 0 spiro atoms. The van der Waals surface area contributed by atoms with E-state index in [-0.39, 0.29) is 0 Å². The van der Waals surface area contributed by atoms with E-state index in [1.165, 1.54) is 0 Å². The lowest BCUT2D eigenvalue weighted by molar-refractivity contribution is -0.390. The van der Waals surface area contributed by atoms with Gasteiger partial charge in [0.2, 0.25) is 15.8 Å². The van der Waals surface area contributed by atoms with Gasteiger partial charge >= 0.3 is 5.82 Å². The Bertz CT molecular complexity index is 528. The van der Waals surface area contributed by atoms with Gasteiger partial charge in [-0.2, -0.15) is 0 Å². The number of nitro groups is 1. The molecule has 10 heteroatoms. The fourth-order valence-corrected chi connectivity index (χ4v) is 2.00. The van der Waals surface area contributed by atoms with Crippen molar-refractivity contribution in [3.05, 3.63) is 21.3 Å². The van der Waals surface area contributed by atoms with Gasteiger partial charge in [-0.3, -0.25) is 0 Å². The zero-order valence-corrected chi connectivity index (χ0v) is 8.49. The van der Waals surface area contributed by atoms with Crippen LogP contribution in [0.5, 0.6) is 5.75 Å². The summed E-state index contributed by atoms with van der Waals surface area (Å²) in [6, 6.07) is 0. The number of hydrogen-bond acceptors (Lipinski definition) is 6. The minimum Gasteiger partial charge on any atom is -0.500 e. The van der Waals surface area contributed by atoms with Crippen LogP contribution >= 0.6 is 11.6 Å². The average Bonchev–Trinajstić information content (AvgIpc) is 2.00. The molecule has 1 aromatic heterocycles. The van der Waals surface area contributed by atoms with E-state index in [0.29, 0.717) is 0 Å². The van der Waals surface area contributed by atoms with E-state index in [1.54, 1.807) is 0 Å². The molecular weight excluding hydrogens is 250 g/mol. The number of nitrogens with zero attached hydrogens (tertiary/aromatic N) is 2. The van der Waals surface area contributed by atoms with Crippen molar-refractivity contribution in [2.45, 2.75) is 4.90 Å². The first-order chi connectivity index (χ1) is 6.75. The first kappa shape index (κ1) is 11.6. The van der Waals surface area contributed by atoms with Gasteiger partial charge in [-0.25, -0.2) is 13.6 Å². The number of aromatic nitrogens is 1. The maximum Gasteiger partial charge on any atom is 0.407 e. The standard InChI is InChI=1S/C5H4ClN3O5S/c6-2-1-8-5(9(11)12)3(10)4(2)15(7,13)14/h1,10H,(H2,7,13,14). The van der Waals surface area contributed by atoms with E-state index in [2.05, 4.69) is 4.98 Å². The zero-order chi connectivity index (χ0) is 11.8. The SMILES string of the molecule is NS(=O)(=O)c1c(Cl)cnc([N+](=O)[O-])c1O. The summed E-state index contributed by atoms with van der Waals surface area (Å²) in [7, 11) is -4.35. The normalized spacial score (nSPS) is 11.3. The Labute approximate surface area is 88.5 Å². The predicted molar refractivity (Wildman–Crippen MR) is 48.9 cm³/mol. The third kappa shape index (κ3) is 2.14. The van der Waals surface area contributed by atoms with E-state index in [1.807, 2.05) is 0 Å². The lowest BCUT2D eigenvalue weighted by Gasteiger charge is -2.02. The highest BCUT2D eigenvalue weighted by Gasteiger charge is 2.28. The second kappa shape index (κ2) is 3.61. The summed E-state index contributed by atoms with van der Waals surface area (Å²) < 4.78 is 21.9. The van der Waals surface area contributed by atoms with Gasteiger partial charge in [0, 0.05) is 0 Å². The highest BCUT2D eigenvalue weighted by atomic mass is 35.5. The van der Waals surface area contributed by atoms with Crippen LogP contribution in [-0.2, 0) is 10.0 Å². The van der Waals surface area contributed by atoms with Gasteiger partial charge in [-0.1, -0.05) is 11.6 Å². The van der Waals surface area contributed by atoms with Gasteiger partial charge in [0.05, 0.1) is 0 Å². The number of sulfonamides is 1. The molecule has 0 aromatic carbocycles. The van der Waals surface area contributed by atoms with Crippen LogP contribution in [0.4, 0.5) is 5.82 Å². The first-order valence-corrected chi connectivity index (χ1v) is 5.22. The summed E-state index contributed by atoms with van der Waals surface area (Å²) in [6.07, 6.45) is 0.721. The summed E-state index contributed by atoms with van der Waals surface area (Å²) in [5, 5.41) is 23.8. The Morgan fingerprint density at radius 2 is 2.13 bits per heavy atom. The Kier molecular flexibility index (Phi) is 2.79. The van der Waals surface area contributed by atoms with Gasteiger partial charge in [0.15, 0.2) is 11.1 Å². The molecule has 1 heterocycles. The molecule has 0 bridgehead atoms. The Morgan fingerprint density at radius 3 is 2.53 bits per heavy atom. The highest BCUT2D eigenvalue weighted by molar-refractivity contribution is 7.89. The van der Waals surface area contributed by atoms with Crippen molar-refractivity contribution < 1.29 is 18.4 Å². The van der Waals surface area contributed by atoms with Crippen LogP contribution in [0, 0.1) is 10.1 Å². The molecule has 3 N–H and O–H groups in total. The third-order valence-corrected chi connectivity index (χ3v) is 2.78. The van der Waals surface area contributed by atoms with Crippen molar-refractivity contribution >= 4 is 27.4 Å². The summed E-state index contributed by atoms with van der Waals surface area (Å²) in [4.78, 5) is 11.5. The summed E-state index contributed by atoms with van der Waals surface area (Å²) in [6.45, 7) is 0. The Balaban J connectivity index is 3.66. The molecule has 0 saturated heterocycles. The van der Waals surface area contributed by atoms with Gasteiger partial charge < -0.3 is 15.2 Å². The van der Waals surface area contributed by atoms with Crippen molar-refractivity contribution in [3.63, 3.8) is 0 Å². The number of hydrogen-bond donors (Lipinski definition) is 2. The minimum atomic E-state index is -4.35. The number of rotatable bonds is 2. The monoisotopic (exact) mass is 253 g/mol. The molecular formula is C5H4ClN3O5S. The summed E-state index contributed by atoms with van der Waals surface area (Å²) in [5.41, 5.74) is 0. The van der Waals surface area contributed by atoms with Crippen LogP contribution in [0.15, 0.2) is 11.1 Å². The van der Waals surface area contributed by atoms with Crippen LogP contribution < -0.4 is 5.14 Å². The molecule has 0 unspecified atom stereocenters. The Hall–Kier alpha value is -1.45. The van der Waals surface area contributed by atoms with Crippen LogP contribution in [0.1, 0.15) is 0 Å². The molecule has 0 atom stereocenters. The first-order valence-electron chi connectivity index (χ1n) is 3.29.